The third-order valence-electron chi connectivity index (χ3n) is 4.68. The van der Waals surface area contributed by atoms with Crippen molar-refractivity contribution in [1.29, 1.82) is 0 Å². The monoisotopic (exact) mass is 457 g/mol. The first-order valence-electron chi connectivity index (χ1n) is 9.61. The Bertz CT molecular complexity index is 1070. The molecule has 1 aliphatic heterocycles. The Morgan fingerprint density at radius 2 is 1.94 bits per heavy atom. The number of aromatic nitrogens is 3. The van der Waals surface area contributed by atoms with Gasteiger partial charge in [-0.05, 0) is 36.8 Å². The molecule has 0 aliphatic carbocycles. The zero-order valence-electron chi connectivity index (χ0n) is 16.7. The number of halogens is 1. The number of benzene rings is 2. The first-order chi connectivity index (χ1) is 15.0. The average molecular weight is 458 g/mol. The number of ether oxygens (including phenoxy) is 1. The molecule has 3 aromatic rings. The van der Waals surface area contributed by atoms with E-state index >= 15 is 0 Å². The van der Waals surface area contributed by atoms with Crippen molar-refractivity contribution in [1.82, 2.24) is 20.2 Å². The fourth-order valence-corrected chi connectivity index (χ4v) is 4.07. The van der Waals surface area contributed by atoms with Gasteiger partial charge in [0.15, 0.2) is 5.82 Å². The van der Waals surface area contributed by atoms with E-state index in [1.807, 2.05) is 37.3 Å². The Morgan fingerprint density at radius 1 is 1.19 bits per heavy atom. The Labute approximate surface area is 188 Å². The summed E-state index contributed by atoms with van der Waals surface area (Å²) >= 11 is 7.17. The van der Waals surface area contributed by atoms with Gasteiger partial charge >= 0.3 is 0 Å². The molecule has 0 radical (unpaired) electrons. The molecule has 160 valence electrons. The van der Waals surface area contributed by atoms with Crippen molar-refractivity contribution in [3.63, 3.8) is 0 Å². The lowest BCUT2D eigenvalue weighted by atomic mass is 10.1. The van der Waals surface area contributed by atoms with Crippen molar-refractivity contribution in [2.45, 2.75) is 24.7 Å². The lowest BCUT2D eigenvalue weighted by molar-refractivity contribution is -0.124. The zero-order valence-corrected chi connectivity index (χ0v) is 18.3. The number of amides is 2. The zero-order chi connectivity index (χ0) is 21.8. The molecule has 2 heterocycles. The molecular formula is C21H20ClN5O3S. The second kappa shape index (κ2) is 9.40. The topological polar surface area (TPSA) is 89.3 Å². The van der Waals surface area contributed by atoms with E-state index < -0.39 is 0 Å². The predicted molar refractivity (Wildman–Crippen MR) is 118 cm³/mol. The van der Waals surface area contributed by atoms with Crippen molar-refractivity contribution in [3.8, 4) is 5.75 Å². The molecule has 0 spiro atoms. The summed E-state index contributed by atoms with van der Waals surface area (Å²) in [6.07, 6.45) is 0. The minimum atomic E-state index is -0.277. The highest BCUT2D eigenvalue weighted by atomic mass is 35.5. The summed E-state index contributed by atoms with van der Waals surface area (Å²) in [4.78, 5) is 25.3. The van der Waals surface area contributed by atoms with Gasteiger partial charge in [-0.3, -0.25) is 9.59 Å². The molecule has 0 unspecified atom stereocenters. The Kier molecular flexibility index (Phi) is 6.43. The van der Waals surface area contributed by atoms with Crippen LogP contribution in [0.1, 0.15) is 24.4 Å². The van der Waals surface area contributed by atoms with E-state index in [-0.39, 0.29) is 36.8 Å². The van der Waals surface area contributed by atoms with Gasteiger partial charge in [-0.25, -0.2) is 9.69 Å². The molecule has 0 fully saturated rings. The largest absolute Gasteiger partial charge is 0.486 e. The van der Waals surface area contributed by atoms with Gasteiger partial charge in [0, 0.05) is 5.02 Å². The van der Waals surface area contributed by atoms with Crippen molar-refractivity contribution >= 4 is 35.2 Å². The molecule has 0 saturated carbocycles. The Balaban J connectivity index is 1.46. The van der Waals surface area contributed by atoms with E-state index in [0.717, 1.165) is 5.56 Å². The summed E-state index contributed by atoms with van der Waals surface area (Å²) in [6.45, 7) is 1.84. The van der Waals surface area contributed by atoms with E-state index in [0.29, 0.717) is 21.8 Å². The lowest BCUT2D eigenvalue weighted by Gasteiger charge is -2.29. The van der Waals surface area contributed by atoms with Crippen LogP contribution in [0.25, 0.3) is 0 Å². The molecule has 31 heavy (non-hydrogen) atoms. The molecule has 8 nitrogen and oxygen atoms in total. The fraction of sp³-hybridized carbons (Fsp3) is 0.238. The summed E-state index contributed by atoms with van der Waals surface area (Å²) in [5.74, 6) is 0.748. The maximum Gasteiger partial charge on any atom is 0.252 e. The van der Waals surface area contributed by atoms with Crippen LogP contribution >= 0.6 is 23.4 Å². The smallest absolute Gasteiger partial charge is 0.252 e. The van der Waals surface area contributed by atoms with E-state index in [2.05, 4.69) is 15.5 Å². The number of hydrogen-bond acceptors (Lipinski definition) is 6. The summed E-state index contributed by atoms with van der Waals surface area (Å²) in [5.41, 5.74) is 0.985. The van der Waals surface area contributed by atoms with Gasteiger partial charge in [-0.15, -0.1) is 10.2 Å². The van der Waals surface area contributed by atoms with Gasteiger partial charge in [-0.1, -0.05) is 53.7 Å². The summed E-state index contributed by atoms with van der Waals surface area (Å²) in [6, 6.07) is 16.4. The predicted octanol–water partition coefficient (Wildman–Crippen LogP) is 2.96. The molecule has 4 rings (SSSR count). The van der Waals surface area contributed by atoms with Gasteiger partial charge in [0.2, 0.25) is 11.1 Å². The minimum absolute atomic E-state index is 0.0843. The molecule has 2 amide bonds. The lowest BCUT2D eigenvalue weighted by Crippen LogP contribution is -2.51. The van der Waals surface area contributed by atoms with Crippen LogP contribution in [-0.2, 0) is 16.2 Å². The molecule has 0 saturated heterocycles. The van der Waals surface area contributed by atoms with Crippen LogP contribution in [0.15, 0.2) is 59.8 Å². The van der Waals surface area contributed by atoms with Crippen LogP contribution in [0, 0.1) is 0 Å². The first kappa shape index (κ1) is 21.2. The van der Waals surface area contributed by atoms with Crippen LogP contribution in [0.5, 0.6) is 5.75 Å². The van der Waals surface area contributed by atoms with Crippen molar-refractivity contribution in [2.75, 3.05) is 17.3 Å². The van der Waals surface area contributed by atoms with Gasteiger partial charge in [-0.2, -0.15) is 0 Å². The molecule has 1 atom stereocenters. The van der Waals surface area contributed by atoms with Crippen molar-refractivity contribution in [3.05, 3.63) is 71.0 Å². The fourth-order valence-electron chi connectivity index (χ4n) is 3.12. The Morgan fingerprint density at radius 3 is 2.68 bits per heavy atom. The third kappa shape index (κ3) is 5.00. The summed E-state index contributed by atoms with van der Waals surface area (Å²) in [7, 11) is 0. The number of hydrogen-bond donors (Lipinski definition) is 1. The normalized spacial score (nSPS) is 14.1. The number of carbonyl (C=O) groups is 2. The number of fused-ring (bicyclic) bond motifs is 1. The number of nitrogens with zero attached hydrogens (tertiary/aromatic N) is 4. The molecule has 1 aromatic heterocycles. The van der Waals surface area contributed by atoms with Gasteiger partial charge in [0.1, 0.15) is 18.9 Å². The van der Waals surface area contributed by atoms with Gasteiger partial charge in [0.25, 0.3) is 5.91 Å². The third-order valence-corrected chi connectivity index (χ3v) is 5.84. The van der Waals surface area contributed by atoms with Crippen LogP contribution in [0.3, 0.4) is 0 Å². The van der Waals surface area contributed by atoms with Crippen molar-refractivity contribution < 1.29 is 14.3 Å². The van der Waals surface area contributed by atoms with E-state index in [4.69, 9.17) is 16.3 Å². The first-order valence-corrected chi connectivity index (χ1v) is 11.0. The molecule has 10 heteroatoms. The van der Waals surface area contributed by atoms with Gasteiger partial charge < -0.3 is 10.1 Å². The minimum Gasteiger partial charge on any atom is -0.486 e. The molecule has 0 bridgehead atoms. The molecule has 1 N–H and O–H groups in total. The standard InChI is InChI=1S/C21H20ClN5O3S/c1-14(15-5-3-2-4-6-15)23-19(28)11-26-20(29)13-31-21-25-24-18(27(21)26)12-30-17-9-7-16(22)8-10-17/h2-10,14H,11-13H2,1H3,(H,23,28)/t14-/m1/s1. The van der Waals surface area contributed by atoms with Crippen molar-refractivity contribution in [2.24, 2.45) is 0 Å². The average Bonchev–Trinajstić information content (AvgIpc) is 3.19. The van der Waals surface area contributed by atoms with E-state index in [9.17, 15) is 9.59 Å². The maximum absolute atomic E-state index is 12.7. The number of nitrogens with one attached hydrogen (secondary N) is 1. The maximum atomic E-state index is 12.7. The summed E-state index contributed by atoms with van der Waals surface area (Å²) in [5, 5.41) is 13.7. The second-order valence-corrected chi connectivity index (χ2v) is 8.27. The molecule has 2 aromatic carbocycles. The van der Waals surface area contributed by atoms with Crippen LogP contribution < -0.4 is 15.1 Å². The highest BCUT2D eigenvalue weighted by Crippen LogP contribution is 2.24. The van der Waals surface area contributed by atoms with E-state index in [1.54, 1.807) is 28.9 Å². The number of carbonyl (C=O) groups excluding carboxylic acids is 2. The van der Waals surface area contributed by atoms with Crippen LogP contribution in [0.4, 0.5) is 0 Å². The second-order valence-electron chi connectivity index (χ2n) is 6.89. The highest BCUT2D eigenvalue weighted by Gasteiger charge is 2.31. The van der Waals surface area contributed by atoms with Crippen LogP contribution in [-0.4, -0.2) is 39.0 Å². The number of thioether (sulfide) groups is 1. The van der Waals surface area contributed by atoms with Crippen LogP contribution in [0.2, 0.25) is 5.02 Å². The highest BCUT2D eigenvalue weighted by molar-refractivity contribution is 7.99. The molecular weight excluding hydrogens is 438 g/mol. The van der Waals surface area contributed by atoms with E-state index in [1.165, 1.54) is 16.8 Å². The number of rotatable bonds is 7. The summed E-state index contributed by atoms with van der Waals surface area (Å²) < 4.78 is 7.31. The molecule has 1 aliphatic rings. The van der Waals surface area contributed by atoms with Gasteiger partial charge in [0.05, 0.1) is 11.8 Å². The SMILES string of the molecule is C[C@@H](NC(=O)CN1C(=O)CSc2nnc(COc3ccc(Cl)cc3)n21)c1ccccc1. The quantitative estimate of drug-likeness (QED) is 0.586. The Hall–Kier alpha value is -3.04.